The molecule has 0 saturated heterocycles. The minimum Gasteiger partial charge on any atom is -0.462 e. The molecule has 1 aromatic carbocycles. The van der Waals surface area contributed by atoms with E-state index in [0.29, 0.717) is 22.5 Å². The summed E-state index contributed by atoms with van der Waals surface area (Å²) in [4.78, 5) is 53.0. The molecule has 0 bridgehead atoms. The second-order valence-electron chi connectivity index (χ2n) is 7.72. The van der Waals surface area contributed by atoms with Crippen LogP contribution >= 0.6 is 0 Å². The molecule has 178 valence electrons. The molecule has 0 saturated carbocycles. The number of furan rings is 1. The van der Waals surface area contributed by atoms with Crippen LogP contribution in [0.25, 0.3) is 0 Å². The Morgan fingerprint density at radius 2 is 1.82 bits per heavy atom. The quantitative estimate of drug-likeness (QED) is 0.372. The van der Waals surface area contributed by atoms with Crippen LogP contribution in [-0.4, -0.2) is 41.3 Å². The number of benzene rings is 1. The molecule has 1 amide bonds. The molecular formula is C25H26N2O7. The molecule has 1 atom stereocenters. The molecule has 2 heterocycles. The van der Waals surface area contributed by atoms with E-state index in [1.165, 1.54) is 25.3 Å². The van der Waals surface area contributed by atoms with Crippen LogP contribution < -0.4 is 5.32 Å². The zero-order valence-corrected chi connectivity index (χ0v) is 19.6. The zero-order chi connectivity index (χ0) is 25.0. The van der Waals surface area contributed by atoms with Gasteiger partial charge in [-0.2, -0.15) is 0 Å². The van der Waals surface area contributed by atoms with Gasteiger partial charge < -0.3 is 24.2 Å². The number of carbonyl (C=O) groups excluding carboxylic acids is 4. The molecular weight excluding hydrogens is 440 g/mol. The SMILES string of the molecule is CCOC(=O)c1c(C)[nH]c(C(=O)C(C)OC(=O)c2ccc(C)c(NC(=O)c3ccco3)c2)c1C. The number of Topliss-reactive ketones (excluding diaryl/α,β-unsaturated/α-hetero) is 1. The first-order valence-electron chi connectivity index (χ1n) is 10.7. The summed E-state index contributed by atoms with van der Waals surface area (Å²) < 4.78 is 15.5. The highest BCUT2D eigenvalue weighted by atomic mass is 16.5. The van der Waals surface area contributed by atoms with Gasteiger partial charge in [-0.15, -0.1) is 0 Å². The van der Waals surface area contributed by atoms with Crippen LogP contribution in [0.3, 0.4) is 0 Å². The molecule has 3 aromatic rings. The third-order valence-corrected chi connectivity index (χ3v) is 5.28. The Balaban J connectivity index is 1.74. The molecule has 0 aliphatic rings. The van der Waals surface area contributed by atoms with Crippen molar-refractivity contribution in [2.75, 3.05) is 11.9 Å². The van der Waals surface area contributed by atoms with E-state index in [-0.39, 0.29) is 23.6 Å². The fraction of sp³-hybridized carbons (Fsp3) is 0.280. The van der Waals surface area contributed by atoms with E-state index in [1.807, 2.05) is 0 Å². The van der Waals surface area contributed by atoms with Crippen LogP contribution in [-0.2, 0) is 9.47 Å². The number of hydrogen-bond donors (Lipinski definition) is 2. The van der Waals surface area contributed by atoms with Gasteiger partial charge in [-0.1, -0.05) is 6.07 Å². The van der Waals surface area contributed by atoms with Crippen molar-refractivity contribution < 1.29 is 33.1 Å². The maximum Gasteiger partial charge on any atom is 0.340 e. The Morgan fingerprint density at radius 3 is 2.47 bits per heavy atom. The van der Waals surface area contributed by atoms with Gasteiger partial charge in [-0.05, 0) is 70.0 Å². The third-order valence-electron chi connectivity index (χ3n) is 5.28. The molecule has 9 nitrogen and oxygen atoms in total. The maximum absolute atomic E-state index is 12.9. The smallest absolute Gasteiger partial charge is 0.340 e. The van der Waals surface area contributed by atoms with Gasteiger partial charge in [-0.3, -0.25) is 9.59 Å². The van der Waals surface area contributed by atoms with Crippen molar-refractivity contribution in [3.05, 3.63) is 76.0 Å². The van der Waals surface area contributed by atoms with Crippen molar-refractivity contribution in [3.63, 3.8) is 0 Å². The number of ketones is 1. The van der Waals surface area contributed by atoms with Crippen molar-refractivity contribution in [2.45, 2.75) is 40.7 Å². The number of aromatic nitrogens is 1. The Morgan fingerprint density at radius 1 is 1.09 bits per heavy atom. The first-order chi connectivity index (χ1) is 16.1. The van der Waals surface area contributed by atoms with Crippen LogP contribution in [0.4, 0.5) is 5.69 Å². The van der Waals surface area contributed by atoms with Gasteiger partial charge in [-0.25, -0.2) is 9.59 Å². The molecule has 2 aromatic heterocycles. The fourth-order valence-electron chi connectivity index (χ4n) is 3.47. The van der Waals surface area contributed by atoms with Crippen LogP contribution in [0.15, 0.2) is 41.0 Å². The van der Waals surface area contributed by atoms with Crippen molar-refractivity contribution in [1.82, 2.24) is 4.98 Å². The van der Waals surface area contributed by atoms with Gasteiger partial charge in [0.15, 0.2) is 11.9 Å². The molecule has 9 heteroatoms. The third kappa shape index (κ3) is 5.09. The largest absolute Gasteiger partial charge is 0.462 e. The topological polar surface area (TPSA) is 128 Å². The van der Waals surface area contributed by atoms with E-state index in [1.54, 1.807) is 45.9 Å². The van der Waals surface area contributed by atoms with E-state index in [0.717, 1.165) is 5.56 Å². The van der Waals surface area contributed by atoms with Crippen molar-refractivity contribution >= 4 is 29.3 Å². The second kappa shape index (κ2) is 10.2. The number of carbonyl (C=O) groups is 4. The standard InChI is InChI=1S/C25H26N2O7/c1-6-32-25(31)20-14(3)21(26-15(20)4)22(28)16(5)34-24(30)17-10-9-13(2)18(12-17)27-23(29)19-8-7-11-33-19/h7-12,16,26H,6H2,1-5H3,(H,27,29). The lowest BCUT2D eigenvalue weighted by Gasteiger charge is -2.14. The summed E-state index contributed by atoms with van der Waals surface area (Å²) in [6, 6.07) is 7.79. The number of nitrogens with one attached hydrogen (secondary N) is 2. The number of anilines is 1. The van der Waals surface area contributed by atoms with Gasteiger partial charge >= 0.3 is 11.9 Å². The molecule has 3 rings (SSSR count). The van der Waals surface area contributed by atoms with Crippen molar-refractivity contribution in [2.24, 2.45) is 0 Å². The maximum atomic E-state index is 12.9. The number of aryl methyl sites for hydroxylation is 2. The summed E-state index contributed by atoms with van der Waals surface area (Å²) >= 11 is 0. The summed E-state index contributed by atoms with van der Waals surface area (Å²) in [5, 5.41) is 2.69. The molecule has 0 aliphatic heterocycles. The number of amides is 1. The highest BCUT2D eigenvalue weighted by molar-refractivity contribution is 6.05. The predicted molar refractivity (Wildman–Crippen MR) is 123 cm³/mol. The van der Waals surface area contributed by atoms with E-state index < -0.39 is 29.7 Å². The van der Waals surface area contributed by atoms with E-state index in [9.17, 15) is 19.2 Å². The average Bonchev–Trinajstić information content (AvgIpc) is 3.43. The fourth-order valence-corrected chi connectivity index (χ4v) is 3.47. The summed E-state index contributed by atoms with van der Waals surface area (Å²) in [7, 11) is 0. The number of aromatic amines is 1. The zero-order valence-electron chi connectivity index (χ0n) is 19.6. The molecule has 0 spiro atoms. The molecule has 0 aliphatic carbocycles. The Labute approximate surface area is 196 Å². The lowest BCUT2D eigenvalue weighted by atomic mass is 10.1. The highest BCUT2D eigenvalue weighted by Crippen LogP contribution is 2.23. The monoisotopic (exact) mass is 466 g/mol. The van der Waals surface area contributed by atoms with Crippen molar-refractivity contribution in [3.8, 4) is 0 Å². The van der Waals surface area contributed by atoms with E-state index in [2.05, 4.69) is 10.3 Å². The van der Waals surface area contributed by atoms with Gasteiger partial charge in [0.2, 0.25) is 5.78 Å². The predicted octanol–water partition coefficient (Wildman–Crippen LogP) is 4.39. The Bertz CT molecular complexity index is 1240. The van der Waals surface area contributed by atoms with Gasteiger partial charge in [0.25, 0.3) is 5.91 Å². The first-order valence-corrected chi connectivity index (χ1v) is 10.7. The molecule has 0 radical (unpaired) electrons. The summed E-state index contributed by atoms with van der Waals surface area (Å²) in [6.07, 6.45) is 0.263. The summed E-state index contributed by atoms with van der Waals surface area (Å²) in [5.41, 5.74) is 2.69. The highest BCUT2D eigenvalue weighted by Gasteiger charge is 2.28. The Kier molecular flexibility index (Phi) is 7.35. The lowest BCUT2D eigenvalue weighted by Crippen LogP contribution is -2.25. The Hall–Kier alpha value is -4.14. The molecule has 1 unspecified atom stereocenters. The van der Waals surface area contributed by atoms with E-state index >= 15 is 0 Å². The van der Waals surface area contributed by atoms with Crippen LogP contribution in [0.2, 0.25) is 0 Å². The first kappa shape index (κ1) is 24.5. The minimum absolute atomic E-state index is 0.130. The van der Waals surface area contributed by atoms with Gasteiger partial charge in [0.05, 0.1) is 29.7 Å². The lowest BCUT2D eigenvalue weighted by molar-refractivity contribution is 0.0316. The number of hydrogen-bond acceptors (Lipinski definition) is 7. The normalized spacial score (nSPS) is 11.6. The molecule has 0 fully saturated rings. The molecule has 2 N–H and O–H groups in total. The number of rotatable bonds is 8. The number of ether oxygens (including phenoxy) is 2. The van der Waals surface area contributed by atoms with Crippen molar-refractivity contribution in [1.29, 1.82) is 0 Å². The minimum atomic E-state index is -1.12. The summed E-state index contributed by atoms with van der Waals surface area (Å²) in [6.45, 7) is 8.43. The van der Waals surface area contributed by atoms with Gasteiger partial charge in [0, 0.05) is 11.4 Å². The van der Waals surface area contributed by atoms with E-state index in [4.69, 9.17) is 13.9 Å². The van der Waals surface area contributed by atoms with Crippen LogP contribution in [0.5, 0.6) is 0 Å². The number of esters is 2. The molecule has 34 heavy (non-hydrogen) atoms. The van der Waals surface area contributed by atoms with Gasteiger partial charge in [0.1, 0.15) is 0 Å². The summed E-state index contributed by atoms with van der Waals surface area (Å²) in [5.74, 6) is -2.08. The second-order valence-corrected chi connectivity index (χ2v) is 7.72. The van der Waals surface area contributed by atoms with Crippen LogP contribution in [0, 0.1) is 20.8 Å². The number of H-pyrrole nitrogens is 1. The average molecular weight is 466 g/mol. The van der Waals surface area contributed by atoms with Crippen LogP contribution in [0.1, 0.15) is 72.4 Å².